The number of hydrogen-bond donors (Lipinski definition) is 1. The molecule has 1 aliphatic heterocycles. The summed E-state index contributed by atoms with van der Waals surface area (Å²) in [6.07, 6.45) is 0.956. The summed E-state index contributed by atoms with van der Waals surface area (Å²) in [7, 11) is 0. The van der Waals surface area contributed by atoms with Crippen LogP contribution in [0, 0.1) is 6.92 Å². The van der Waals surface area contributed by atoms with E-state index in [2.05, 4.69) is 23.2 Å². The van der Waals surface area contributed by atoms with Crippen LogP contribution in [0.25, 0.3) is 11.0 Å². The highest BCUT2D eigenvalue weighted by molar-refractivity contribution is 6.06. The number of rotatable bonds is 4. The van der Waals surface area contributed by atoms with Gasteiger partial charge in [-0.15, -0.1) is 0 Å². The predicted octanol–water partition coefficient (Wildman–Crippen LogP) is 4.39. The van der Waals surface area contributed by atoms with Crippen molar-refractivity contribution in [1.29, 1.82) is 0 Å². The van der Waals surface area contributed by atoms with Crippen molar-refractivity contribution in [3.8, 4) is 0 Å². The highest BCUT2D eigenvalue weighted by Crippen LogP contribution is 2.27. The first-order chi connectivity index (χ1) is 13.2. The summed E-state index contributed by atoms with van der Waals surface area (Å²) in [5.41, 5.74) is 4.76. The summed E-state index contributed by atoms with van der Waals surface area (Å²) in [6.45, 7) is 7.34. The topological polar surface area (TPSA) is 54.7 Å². The molecule has 2 aromatic carbocycles. The summed E-state index contributed by atoms with van der Waals surface area (Å²) in [5.74, 6) is 0.149. The van der Waals surface area contributed by atoms with Gasteiger partial charge in [-0.2, -0.15) is 0 Å². The lowest BCUT2D eigenvalue weighted by Gasteiger charge is -2.28. The highest BCUT2D eigenvalue weighted by Gasteiger charge is 2.18. The Morgan fingerprint density at radius 1 is 1.11 bits per heavy atom. The Labute approximate surface area is 158 Å². The molecule has 0 spiro atoms. The van der Waals surface area contributed by atoms with Crippen LogP contribution in [0.3, 0.4) is 0 Å². The van der Waals surface area contributed by atoms with Gasteiger partial charge in [0.2, 0.25) is 0 Å². The van der Waals surface area contributed by atoms with Gasteiger partial charge in [-0.05, 0) is 55.3 Å². The van der Waals surface area contributed by atoms with E-state index < -0.39 is 0 Å². The zero-order chi connectivity index (χ0) is 18.8. The summed E-state index contributed by atoms with van der Waals surface area (Å²) >= 11 is 0. The van der Waals surface area contributed by atoms with Gasteiger partial charge in [0.05, 0.1) is 13.2 Å². The average molecular weight is 364 g/mol. The van der Waals surface area contributed by atoms with Crippen molar-refractivity contribution in [2.45, 2.75) is 20.3 Å². The van der Waals surface area contributed by atoms with Crippen molar-refractivity contribution < 1.29 is 13.9 Å². The molecule has 4 rings (SSSR count). The van der Waals surface area contributed by atoms with Crippen molar-refractivity contribution in [3.05, 3.63) is 59.4 Å². The molecule has 27 heavy (non-hydrogen) atoms. The van der Waals surface area contributed by atoms with Gasteiger partial charge in [0, 0.05) is 35.4 Å². The molecule has 1 N–H and O–H groups in total. The zero-order valence-corrected chi connectivity index (χ0v) is 15.7. The van der Waals surface area contributed by atoms with Gasteiger partial charge in [0.25, 0.3) is 5.91 Å². The predicted molar refractivity (Wildman–Crippen MR) is 108 cm³/mol. The maximum Gasteiger partial charge on any atom is 0.291 e. The number of carbonyl (C=O) groups is 1. The summed E-state index contributed by atoms with van der Waals surface area (Å²) in [6, 6.07) is 14.0. The molecule has 1 saturated heterocycles. The fourth-order valence-corrected chi connectivity index (χ4v) is 3.47. The van der Waals surface area contributed by atoms with E-state index in [1.807, 2.05) is 43.3 Å². The van der Waals surface area contributed by atoms with E-state index in [-0.39, 0.29) is 5.91 Å². The van der Waals surface area contributed by atoms with Gasteiger partial charge < -0.3 is 19.4 Å². The van der Waals surface area contributed by atoms with Crippen molar-refractivity contribution in [1.82, 2.24) is 0 Å². The molecule has 1 aromatic heterocycles. The molecule has 5 heteroatoms. The van der Waals surface area contributed by atoms with Crippen LogP contribution < -0.4 is 10.2 Å². The quantitative estimate of drug-likeness (QED) is 0.746. The van der Waals surface area contributed by atoms with Crippen LogP contribution in [0.15, 0.2) is 46.9 Å². The minimum Gasteiger partial charge on any atom is -0.451 e. The summed E-state index contributed by atoms with van der Waals surface area (Å²) in [4.78, 5) is 15.0. The average Bonchev–Trinajstić information content (AvgIpc) is 3.05. The normalized spacial score (nSPS) is 14.5. The lowest BCUT2D eigenvalue weighted by Crippen LogP contribution is -2.36. The summed E-state index contributed by atoms with van der Waals surface area (Å²) in [5, 5.41) is 3.94. The van der Waals surface area contributed by atoms with Crippen LogP contribution in [-0.4, -0.2) is 32.2 Å². The molecule has 1 aliphatic rings. The minimum atomic E-state index is -0.221. The number of hydrogen-bond acceptors (Lipinski definition) is 4. The summed E-state index contributed by atoms with van der Waals surface area (Å²) < 4.78 is 11.2. The Balaban J connectivity index is 1.52. The number of anilines is 2. The van der Waals surface area contributed by atoms with Crippen LogP contribution >= 0.6 is 0 Å². The largest absolute Gasteiger partial charge is 0.451 e. The standard InChI is InChI=1S/C22H24N2O3/c1-3-16-4-9-20-19(14-16)15(2)21(27-20)22(25)23-17-5-7-18(8-6-17)24-10-12-26-13-11-24/h4-9,14H,3,10-13H2,1-2H3,(H,23,25). The molecule has 5 nitrogen and oxygen atoms in total. The second-order valence-corrected chi connectivity index (χ2v) is 6.84. The van der Waals surface area contributed by atoms with Crippen LogP contribution in [0.4, 0.5) is 11.4 Å². The van der Waals surface area contributed by atoms with E-state index in [0.29, 0.717) is 5.76 Å². The van der Waals surface area contributed by atoms with Crippen LogP contribution in [0.1, 0.15) is 28.6 Å². The lowest BCUT2D eigenvalue weighted by atomic mass is 10.1. The van der Waals surface area contributed by atoms with E-state index in [1.165, 1.54) is 5.56 Å². The molecular formula is C22H24N2O3. The van der Waals surface area contributed by atoms with E-state index in [9.17, 15) is 4.79 Å². The third kappa shape index (κ3) is 3.55. The van der Waals surface area contributed by atoms with Gasteiger partial charge in [-0.3, -0.25) is 4.79 Å². The van der Waals surface area contributed by atoms with Crippen LogP contribution in [0.5, 0.6) is 0 Å². The molecule has 0 saturated carbocycles. The first kappa shape index (κ1) is 17.6. The van der Waals surface area contributed by atoms with Gasteiger partial charge in [0.15, 0.2) is 5.76 Å². The number of benzene rings is 2. The third-order valence-electron chi connectivity index (χ3n) is 5.12. The number of aryl methyl sites for hydroxylation is 2. The second kappa shape index (κ2) is 7.45. The number of fused-ring (bicyclic) bond motifs is 1. The third-order valence-corrected chi connectivity index (χ3v) is 5.12. The Morgan fingerprint density at radius 3 is 2.56 bits per heavy atom. The number of carbonyl (C=O) groups excluding carboxylic acids is 1. The van der Waals surface area contributed by atoms with Crippen LogP contribution in [0.2, 0.25) is 0 Å². The van der Waals surface area contributed by atoms with Gasteiger partial charge in [0.1, 0.15) is 5.58 Å². The molecule has 140 valence electrons. The molecule has 0 aliphatic carbocycles. The number of nitrogens with one attached hydrogen (secondary N) is 1. The molecule has 0 unspecified atom stereocenters. The van der Waals surface area contributed by atoms with Gasteiger partial charge in [-0.1, -0.05) is 13.0 Å². The zero-order valence-electron chi connectivity index (χ0n) is 15.7. The molecule has 1 fully saturated rings. The van der Waals surface area contributed by atoms with E-state index in [1.54, 1.807) is 0 Å². The molecular weight excluding hydrogens is 340 g/mol. The van der Waals surface area contributed by atoms with Gasteiger partial charge in [-0.25, -0.2) is 0 Å². The second-order valence-electron chi connectivity index (χ2n) is 6.84. The fraction of sp³-hybridized carbons (Fsp3) is 0.318. The van der Waals surface area contributed by atoms with E-state index in [0.717, 1.165) is 60.6 Å². The number of amides is 1. The Kier molecular flexibility index (Phi) is 4.86. The highest BCUT2D eigenvalue weighted by atomic mass is 16.5. The molecule has 0 radical (unpaired) electrons. The Bertz CT molecular complexity index is 954. The monoisotopic (exact) mass is 364 g/mol. The van der Waals surface area contributed by atoms with Crippen molar-refractivity contribution in [3.63, 3.8) is 0 Å². The number of morpholine rings is 1. The fourth-order valence-electron chi connectivity index (χ4n) is 3.47. The van der Waals surface area contributed by atoms with E-state index >= 15 is 0 Å². The van der Waals surface area contributed by atoms with E-state index in [4.69, 9.17) is 9.15 Å². The Morgan fingerprint density at radius 2 is 1.85 bits per heavy atom. The maximum absolute atomic E-state index is 12.7. The molecule has 0 bridgehead atoms. The number of nitrogens with zero attached hydrogens (tertiary/aromatic N) is 1. The smallest absolute Gasteiger partial charge is 0.291 e. The maximum atomic E-state index is 12.7. The van der Waals surface area contributed by atoms with Crippen LogP contribution in [-0.2, 0) is 11.2 Å². The molecule has 0 atom stereocenters. The lowest BCUT2D eigenvalue weighted by molar-refractivity contribution is 0.0998. The van der Waals surface area contributed by atoms with Gasteiger partial charge >= 0.3 is 0 Å². The van der Waals surface area contributed by atoms with Crippen molar-refractivity contribution >= 4 is 28.3 Å². The van der Waals surface area contributed by atoms with Crippen molar-refractivity contribution in [2.75, 3.05) is 36.5 Å². The molecule has 2 heterocycles. The first-order valence-corrected chi connectivity index (χ1v) is 9.42. The molecule has 3 aromatic rings. The Hall–Kier alpha value is -2.79. The minimum absolute atomic E-state index is 0.221. The first-order valence-electron chi connectivity index (χ1n) is 9.42. The molecule has 1 amide bonds. The number of furan rings is 1. The number of ether oxygens (including phenoxy) is 1. The van der Waals surface area contributed by atoms with Crippen molar-refractivity contribution in [2.24, 2.45) is 0 Å². The SMILES string of the molecule is CCc1ccc2oc(C(=O)Nc3ccc(N4CCOCC4)cc3)c(C)c2c1.